The lowest BCUT2D eigenvalue weighted by molar-refractivity contribution is -0.139. The number of hydrogen-bond acceptors (Lipinski definition) is 3. The number of rotatable bonds is 7. The molecule has 1 spiro atoms. The van der Waals surface area contributed by atoms with Gasteiger partial charge in [0.1, 0.15) is 23.9 Å². The summed E-state index contributed by atoms with van der Waals surface area (Å²) in [5.74, 6) is 0.109. The maximum Gasteiger partial charge on any atom is 0.307 e. The van der Waals surface area contributed by atoms with Crippen LogP contribution in [0.2, 0.25) is 0 Å². The van der Waals surface area contributed by atoms with Crippen molar-refractivity contribution in [2.45, 2.75) is 51.6 Å². The summed E-state index contributed by atoms with van der Waals surface area (Å²) in [6.07, 6.45) is 5.88. The summed E-state index contributed by atoms with van der Waals surface area (Å²) in [6, 6.07) is 17.0. The lowest BCUT2D eigenvalue weighted by Gasteiger charge is -2.31. The van der Waals surface area contributed by atoms with Gasteiger partial charge in [-0.3, -0.25) is 4.79 Å². The van der Waals surface area contributed by atoms with Crippen LogP contribution in [0.5, 0.6) is 11.5 Å². The standard InChI is InChI=1S/C32H31FO4/c1-31(2)12-4-5-26(31)24-13-19(6-10-23(24)25-14-21(36-3)9-11-29(25)33)18-37-22-8-7-20-16-32(27(20)15-22)17-28(32)30(34)35/h5-11,13-15,28H,4,12,16-18H2,1-3H3,(H,34,35)/t28-,32?/m0/s1. The molecule has 0 bridgehead atoms. The van der Waals surface area contributed by atoms with Gasteiger partial charge < -0.3 is 14.6 Å². The quantitative estimate of drug-likeness (QED) is 0.375. The van der Waals surface area contributed by atoms with Crippen molar-refractivity contribution >= 4 is 11.5 Å². The van der Waals surface area contributed by atoms with Crippen LogP contribution in [0.1, 0.15) is 55.4 Å². The summed E-state index contributed by atoms with van der Waals surface area (Å²) in [4.78, 5) is 11.5. The van der Waals surface area contributed by atoms with E-state index in [1.165, 1.54) is 17.2 Å². The molecule has 4 nitrogen and oxygen atoms in total. The highest BCUT2D eigenvalue weighted by molar-refractivity contribution is 5.85. The first-order chi connectivity index (χ1) is 17.7. The SMILES string of the molecule is COc1ccc(F)c(-c2ccc(COc3ccc4c(c3)C3(C4)C[C@H]3C(=O)O)cc2C2=CCCC2(C)C)c1. The molecule has 3 aliphatic rings. The Balaban J connectivity index is 1.31. The van der Waals surface area contributed by atoms with Crippen LogP contribution < -0.4 is 9.47 Å². The van der Waals surface area contributed by atoms with Gasteiger partial charge in [0.15, 0.2) is 0 Å². The van der Waals surface area contributed by atoms with Gasteiger partial charge in [-0.15, -0.1) is 0 Å². The van der Waals surface area contributed by atoms with E-state index in [1.807, 2.05) is 24.3 Å². The van der Waals surface area contributed by atoms with E-state index < -0.39 is 5.97 Å². The number of allylic oxidation sites excluding steroid dienone is 2. The first-order valence-corrected chi connectivity index (χ1v) is 12.9. The number of benzene rings is 3. The highest BCUT2D eigenvalue weighted by Crippen LogP contribution is 2.63. The van der Waals surface area contributed by atoms with Crippen molar-refractivity contribution in [1.29, 1.82) is 0 Å². The molecular formula is C32H31FO4. The molecule has 37 heavy (non-hydrogen) atoms. The van der Waals surface area contributed by atoms with Crippen molar-refractivity contribution in [3.05, 3.63) is 88.7 Å². The van der Waals surface area contributed by atoms with E-state index in [4.69, 9.17) is 9.47 Å². The third-order valence-corrected chi connectivity index (χ3v) is 8.59. The molecule has 6 rings (SSSR count). The van der Waals surface area contributed by atoms with Gasteiger partial charge in [0.2, 0.25) is 0 Å². The Morgan fingerprint density at radius 2 is 1.84 bits per heavy atom. The second-order valence-electron chi connectivity index (χ2n) is 11.3. The zero-order valence-electron chi connectivity index (χ0n) is 21.4. The lowest BCUT2D eigenvalue weighted by Crippen LogP contribution is -2.29. The molecule has 1 fully saturated rings. The van der Waals surface area contributed by atoms with Crippen molar-refractivity contribution in [3.63, 3.8) is 0 Å². The van der Waals surface area contributed by atoms with Gasteiger partial charge in [0.25, 0.3) is 0 Å². The topological polar surface area (TPSA) is 55.8 Å². The summed E-state index contributed by atoms with van der Waals surface area (Å²) in [6.45, 7) is 4.84. The van der Waals surface area contributed by atoms with E-state index in [1.54, 1.807) is 19.2 Å². The number of carbonyl (C=O) groups is 1. The second-order valence-corrected chi connectivity index (χ2v) is 11.3. The summed E-state index contributed by atoms with van der Waals surface area (Å²) < 4.78 is 26.6. The molecule has 3 aliphatic carbocycles. The minimum absolute atomic E-state index is 0.00935. The maximum atomic E-state index is 15.0. The summed E-state index contributed by atoms with van der Waals surface area (Å²) in [7, 11) is 1.59. The van der Waals surface area contributed by atoms with E-state index >= 15 is 4.39 Å². The van der Waals surface area contributed by atoms with Crippen LogP contribution in [0.4, 0.5) is 4.39 Å². The Labute approximate surface area is 216 Å². The molecule has 1 unspecified atom stereocenters. The first-order valence-electron chi connectivity index (χ1n) is 12.9. The number of ether oxygens (including phenoxy) is 2. The summed E-state index contributed by atoms with van der Waals surface area (Å²) >= 11 is 0. The minimum Gasteiger partial charge on any atom is -0.497 e. The van der Waals surface area contributed by atoms with Crippen LogP contribution in [-0.2, 0) is 23.2 Å². The molecule has 0 radical (unpaired) electrons. The third-order valence-electron chi connectivity index (χ3n) is 8.59. The van der Waals surface area contributed by atoms with Gasteiger partial charge >= 0.3 is 5.97 Å². The van der Waals surface area contributed by atoms with E-state index in [0.717, 1.165) is 53.7 Å². The molecule has 0 aliphatic heterocycles. The van der Waals surface area contributed by atoms with Gasteiger partial charge in [-0.1, -0.05) is 38.1 Å². The van der Waals surface area contributed by atoms with Crippen LogP contribution in [0.25, 0.3) is 16.7 Å². The fourth-order valence-electron chi connectivity index (χ4n) is 6.32. The first kappa shape index (κ1) is 23.8. The number of halogens is 1. The lowest BCUT2D eigenvalue weighted by atomic mass is 9.73. The van der Waals surface area contributed by atoms with E-state index in [9.17, 15) is 9.90 Å². The molecule has 190 valence electrons. The number of carboxylic acids is 1. The van der Waals surface area contributed by atoms with Crippen LogP contribution in [0.3, 0.4) is 0 Å². The normalized spacial score (nSPS) is 22.7. The third kappa shape index (κ3) is 3.92. The predicted octanol–water partition coefficient (Wildman–Crippen LogP) is 7.18. The molecule has 0 heterocycles. The van der Waals surface area contributed by atoms with Crippen LogP contribution >= 0.6 is 0 Å². The van der Waals surface area contributed by atoms with Crippen molar-refractivity contribution in [3.8, 4) is 22.6 Å². The zero-order chi connectivity index (χ0) is 25.9. The van der Waals surface area contributed by atoms with Crippen LogP contribution in [-0.4, -0.2) is 18.2 Å². The van der Waals surface area contributed by atoms with Gasteiger partial charge in [0.05, 0.1) is 13.0 Å². The van der Waals surface area contributed by atoms with Crippen molar-refractivity contribution in [2.75, 3.05) is 7.11 Å². The Hall–Kier alpha value is -3.60. The average Bonchev–Trinajstić information content (AvgIpc) is 3.55. The Morgan fingerprint density at radius 1 is 1.03 bits per heavy atom. The van der Waals surface area contributed by atoms with Gasteiger partial charge in [0, 0.05) is 11.0 Å². The van der Waals surface area contributed by atoms with Gasteiger partial charge in [-0.05, 0) is 101 Å². The fourth-order valence-corrected chi connectivity index (χ4v) is 6.32. The zero-order valence-corrected chi connectivity index (χ0v) is 21.4. The number of hydrogen-bond donors (Lipinski definition) is 1. The molecule has 3 aromatic carbocycles. The van der Waals surface area contributed by atoms with E-state index in [-0.39, 0.29) is 22.6 Å². The van der Waals surface area contributed by atoms with Crippen LogP contribution in [0.15, 0.2) is 60.7 Å². The summed E-state index contributed by atoms with van der Waals surface area (Å²) in [5.41, 5.74) is 6.77. The second kappa shape index (κ2) is 8.47. The molecule has 1 N–H and O–H groups in total. The smallest absolute Gasteiger partial charge is 0.307 e. The molecule has 2 atom stereocenters. The Bertz CT molecular complexity index is 1450. The van der Waals surface area contributed by atoms with Crippen molar-refractivity contribution < 1.29 is 23.8 Å². The van der Waals surface area contributed by atoms with E-state index in [0.29, 0.717) is 17.9 Å². The molecule has 0 amide bonds. The maximum absolute atomic E-state index is 15.0. The molecule has 5 heteroatoms. The number of methoxy groups -OCH3 is 1. The van der Waals surface area contributed by atoms with Crippen molar-refractivity contribution in [1.82, 2.24) is 0 Å². The monoisotopic (exact) mass is 498 g/mol. The molecular weight excluding hydrogens is 467 g/mol. The molecule has 1 saturated carbocycles. The van der Waals surface area contributed by atoms with Crippen molar-refractivity contribution in [2.24, 2.45) is 11.3 Å². The highest BCUT2D eigenvalue weighted by atomic mass is 19.1. The fraction of sp³-hybridized carbons (Fsp3) is 0.344. The van der Waals surface area contributed by atoms with Crippen LogP contribution in [0, 0.1) is 17.2 Å². The van der Waals surface area contributed by atoms with E-state index in [2.05, 4.69) is 32.1 Å². The average molecular weight is 499 g/mol. The number of fused-ring (bicyclic) bond motifs is 2. The predicted molar refractivity (Wildman–Crippen MR) is 141 cm³/mol. The van der Waals surface area contributed by atoms with Gasteiger partial charge in [-0.2, -0.15) is 0 Å². The molecule has 3 aromatic rings. The number of aliphatic carboxylic acids is 1. The van der Waals surface area contributed by atoms with Gasteiger partial charge in [-0.25, -0.2) is 4.39 Å². The molecule has 0 aromatic heterocycles. The largest absolute Gasteiger partial charge is 0.497 e. The minimum atomic E-state index is -0.707. The summed E-state index contributed by atoms with van der Waals surface area (Å²) in [5, 5.41) is 9.44. The Morgan fingerprint density at radius 3 is 2.54 bits per heavy atom. The molecule has 0 saturated heterocycles. The Kier molecular flexibility index (Phi) is 5.45. The number of carboxylic acid groups (broad SMARTS) is 1. The highest BCUT2D eigenvalue weighted by Gasteiger charge is 2.64.